The lowest BCUT2D eigenvalue weighted by molar-refractivity contribution is 0.0464. The quantitative estimate of drug-likeness (QED) is 0.232. The Labute approximate surface area is 212 Å². The Morgan fingerprint density at radius 1 is 1.09 bits per heavy atom. The molecule has 0 amide bonds. The highest BCUT2D eigenvalue weighted by Crippen LogP contribution is 2.42. The fraction of sp³-hybridized carbons (Fsp3) is 0.677. The molecule has 0 aromatic heterocycles. The number of halogens is 3. The molecular weight excluding hydrogens is 445 g/mol. The van der Waals surface area contributed by atoms with Crippen molar-refractivity contribution in [1.82, 2.24) is 0 Å². The number of ether oxygens (including phenoxy) is 1. The normalized spacial score (nSPS) is 23.5. The first-order valence-corrected chi connectivity index (χ1v) is 13.6. The summed E-state index contributed by atoms with van der Waals surface area (Å²) < 4.78 is 49.3. The summed E-state index contributed by atoms with van der Waals surface area (Å²) in [6, 6.07) is 0. The van der Waals surface area contributed by atoms with Crippen LogP contribution in [0.15, 0.2) is 59.1 Å². The van der Waals surface area contributed by atoms with Crippen LogP contribution in [0.3, 0.4) is 0 Å². The highest BCUT2D eigenvalue weighted by molar-refractivity contribution is 5.33. The standard InChI is InChI=1S/C31H47F3O/c1-8-11-12-24(9-2)18-22(4)17-23(5)25-13-15-28(16-14-25)35-29-20-26(30(6,32)10-3)19-27(21-29)31(7,33)34/h8,11,13,15,20-24,26H,9-10,12,14,16-19H2,1-7H3. The molecule has 2 aliphatic carbocycles. The summed E-state index contributed by atoms with van der Waals surface area (Å²) in [6.45, 7) is 13.1. The molecule has 0 aliphatic heterocycles. The van der Waals surface area contributed by atoms with Gasteiger partial charge in [0.1, 0.15) is 17.2 Å². The van der Waals surface area contributed by atoms with Gasteiger partial charge in [-0.3, -0.25) is 0 Å². The van der Waals surface area contributed by atoms with Crippen LogP contribution in [0.1, 0.15) is 99.8 Å². The molecule has 0 aromatic carbocycles. The fourth-order valence-electron chi connectivity index (χ4n) is 5.25. The molecule has 4 heteroatoms. The highest BCUT2D eigenvalue weighted by Gasteiger charge is 2.39. The monoisotopic (exact) mass is 492 g/mol. The van der Waals surface area contributed by atoms with Crippen molar-refractivity contribution < 1.29 is 17.9 Å². The second-order valence-corrected chi connectivity index (χ2v) is 11.1. The summed E-state index contributed by atoms with van der Waals surface area (Å²) in [5, 5.41) is 0. The third-order valence-electron chi connectivity index (χ3n) is 7.95. The Balaban J connectivity index is 2.05. The van der Waals surface area contributed by atoms with E-state index in [9.17, 15) is 8.78 Å². The molecule has 0 N–H and O–H groups in total. The summed E-state index contributed by atoms with van der Waals surface area (Å²) in [5.41, 5.74) is -0.199. The molecule has 0 saturated heterocycles. The zero-order valence-electron chi connectivity index (χ0n) is 23.0. The van der Waals surface area contributed by atoms with Gasteiger partial charge in [0.2, 0.25) is 0 Å². The van der Waals surface area contributed by atoms with Gasteiger partial charge in [0, 0.05) is 24.8 Å². The summed E-state index contributed by atoms with van der Waals surface area (Å²) in [6.07, 6.45) is 18.3. The molecule has 5 unspecified atom stereocenters. The van der Waals surface area contributed by atoms with E-state index in [1.165, 1.54) is 37.8 Å². The molecule has 0 saturated carbocycles. The van der Waals surface area contributed by atoms with Crippen LogP contribution >= 0.6 is 0 Å². The number of alkyl halides is 3. The minimum atomic E-state index is -2.99. The van der Waals surface area contributed by atoms with Crippen molar-refractivity contribution in [2.24, 2.45) is 23.7 Å². The van der Waals surface area contributed by atoms with E-state index in [4.69, 9.17) is 4.74 Å². The maximum absolute atomic E-state index is 15.0. The second kappa shape index (κ2) is 13.0. The van der Waals surface area contributed by atoms with Crippen LogP contribution in [0.25, 0.3) is 0 Å². The molecule has 0 aromatic rings. The third-order valence-corrected chi connectivity index (χ3v) is 7.95. The number of rotatable bonds is 13. The maximum atomic E-state index is 15.0. The molecule has 2 aliphatic rings. The molecule has 0 radical (unpaired) electrons. The van der Waals surface area contributed by atoms with Gasteiger partial charge in [-0.25, -0.2) is 13.2 Å². The van der Waals surface area contributed by atoms with Crippen LogP contribution < -0.4 is 0 Å². The zero-order valence-corrected chi connectivity index (χ0v) is 23.0. The Morgan fingerprint density at radius 2 is 1.80 bits per heavy atom. The van der Waals surface area contributed by atoms with Gasteiger partial charge in [0.25, 0.3) is 5.92 Å². The summed E-state index contributed by atoms with van der Waals surface area (Å²) in [7, 11) is 0. The van der Waals surface area contributed by atoms with E-state index in [-0.39, 0.29) is 18.4 Å². The molecular formula is C31H47F3O. The molecule has 198 valence electrons. The maximum Gasteiger partial charge on any atom is 0.267 e. The second-order valence-electron chi connectivity index (χ2n) is 11.1. The minimum Gasteiger partial charge on any atom is -0.462 e. The predicted octanol–water partition coefficient (Wildman–Crippen LogP) is 10.3. The smallest absolute Gasteiger partial charge is 0.267 e. The van der Waals surface area contributed by atoms with E-state index in [2.05, 4.69) is 45.9 Å². The van der Waals surface area contributed by atoms with Crippen LogP contribution in [0.2, 0.25) is 0 Å². The van der Waals surface area contributed by atoms with Gasteiger partial charge in [0.05, 0.1) is 0 Å². The van der Waals surface area contributed by atoms with Crippen molar-refractivity contribution in [3.8, 4) is 0 Å². The number of hydrogen-bond donors (Lipinski definition) is 0. The van der Waals surface area contributed by atoms with Gasteiger partial charge in [-0.1, -0.05) is 57.9 Å². The molecule has 0 spiro atoms. The van der Waals surface area contributed by atoms with Crippen LogP contribution in [-0.2, 0) is 4.74 Å². The third kappa shape index (κ3) is 9.03. The van der Waals surface area contributed by atoms with E-state index in [1.54, 1.807) is 13.0 Å². The molecule has 2 rings (SSSR count). The molecule has 5 atom stereocenters. The molecule has 0 bridgehead atoms. The van der Waals surface area contributed by atoms with E-state index < -0.39 is 17.5 Å². The van der Waals surface area contributed by atoms with Gasteiger partial charge < -0.3 is 4.74 Å². The SMILES string of the molecule is CC=CCC(CC)CC(C)CC(C)C1=CC=C(OC2=CC(C(C)(F)CC)CC(C(C)(F)F)=C2)CC1. The van der Waals surface area contributed by atoms with Gasteiger partial charge in [0.15, 0.2) is 0 Å². The summed E-state index contributed by atoms with van der Waals surface area (Å²) in [5.74, 6) is -0.605. The van der Waals surface area contributed by atoms with Crippen molar-refractivity contribution in [3.63, 3.8) is 0 Å². The van der Waals surface area contributed by atoms with Crippen molar-refractivity contribution in [3.05, 3.63) is 59.1 Å². The minimum absolute atomic E-state index is 0.0175. The van der Waals surface area contributed by atoms with Gasteiger partial charge in [-0.05, 0) is 88.4 Å². The van der Waals surface area contributed by atoms with E-state index in [1.807, 2.05) is 6.08 Å². The van der Waals surface area contributed by atoms with Crippen LogP contribution in [0.4, 0.5) is 13.2 Å². The Bertz CT molecular complexity index is 838. The van der Waals surface area contributed by atoms with Gasteiger partial charge >= 0.3 is 0 Å². The Morgan fingerprint density at radius 3 is 2.34 bits per heavy atom. The number of allylic oxidation sites excluding steroid dienone is 9. The summed E-state index contributed by atoms with van der Waals surface area (Å²) >= 11 is 0. The Kier molecular flexibility index (Phi) is 11.0. The van der Waals surface area contributed by atoms with Gasteiger partial charge in [-0.2, -0.15) is 0 Å². The number of hydrogen-bond acceptors (Lipinski definition) is 1. The lowest BCUT2D eigenvalue weighted by Crippen LogP contribution is -2.32. The first-order valence-electron chi connectivity index (χ1n) is 13.6. The van der Waals surface area contributed by atoms with E-state index in [0.717, 1.165) is 37.9 Å². The molecule has 0 heterocycles. The van der Waals surface area contributed by atoms with Gasteiger partial charge in [-0.15, -0.1) is 0 Å². The lowest BCUT2D eigenvalue weighted by Gasteiger charge is -2.33. The van der Waals surface area contributed by atoms with Crippen molar-refractivity contribution in [1.29, 1.82) is 0 Å². The lowest BCUT2D eigenvalue weighted by atomic mass is 9.79. The van der Waals surface area contributed by atoms with Crippen LogP contribution in [0, 0.1) is 23.7 Å². The predicted molar refractivity (Wildman–Crippen MR) is 142 cm³/mol. The topological polar surface area (TPSA) is 9.23 Å². The summed E-state index contributed by atoms with van der Waals surface area (Å²) in [4.78, 5) is 0. The van der Waals surface area contributed by atoms with Crippen molar-refractivity contribution >= 4 is 0 Å². The average Bonchev–Trinajstić information content (AvgIpc) is 2.81. The highest BCUT2D eigenvalue weighted by atomic mass is 19.3. The van der Waals surface area contributed by atoms with E-state index in [0.29, 0.717) is 17.6 Å². The van der Waals surface area contributed by atoms with Crippen molar-refractivity contribution in [2.45, 2.75) is 111 Å². The van der Waals surface area contributed by atoms with Crippen molar-refractivity contribution in [2.75, 3.05) is 0 Å². The first kappa shape index (κ1) is 29.5. The van der Waals surface area contributed by atoms with Crippen LogP contribution in [-0.4, -0.2) is 11.6 Å². The first-order chi connectivity index (χ1) is 16.4. The zero-order chi connectivity index (χ0) is 26.2. The molecule has 35 heavy (non-hydrogen) atoms. The Hall–Kier alpha value is -1.71. The average molecular weight is 493 g/mol. The van der Waals surface area contributed by atoms with Crippen LogP contribution in [0.5, 0.6) is 0 Å². The fourth-order valence-corrected chi connectivity index (χ4v) is 5.25. The molecule has 1 nitrogen and oxygen atoms in total. The van der Waals surface area contributed by atoms with E-state index >= 15 is 4.39 Å². The largest absolute Gasteiger partial charge is 0.462 e. The molecule has 0 fully saturated rings.